The molecule has 1 aliphatic rings. The van der Waals surface area contributed by atoms with E-state index in [0.717, 1.165) is 18.9 Å². The highest BCUT2D eigenvalue weighted by atomic mass is 19.1. The molecule has 2 aromatic rings. The van der Waals surface area contributed by atoms with Crippen LogP contribution in [0, 0.1) is 5.82 Å². The molecule has 0 amide bonds. The third-order valence-electron chi connectivity index (χ3n) is 4.28. The number of carbonyl (C=O) groups excluding carboxylic acids is 3. The lowest BCUT2D eigenvalue weighted by molar-refractivity contribution is -0.125. The Morgan fingerprint density at radius 1 is 1.33 bits per heavy atom. The third kappa shape index (κ3) is 3.94. The van der Waals surface area contributed by atoms with Crippen LogP contribution < -0.4 is 5.43 Å². The molecule has 0 N–H and O–H groups in total. The van der Waals surface area contributed by atoms with Gasteiger partial charge in [-0.05, 0) is 32.8 Å². The number of fused-ring (bicyclic) bond motifs is 1. The minimum absolute atomic E-state index is 0.0345. The fourth-order valence-electron chi connectivity index (χ4n) is 2.92. The van der Waals surface area contributed by atoms with E-state index >= 15 is 0 Å². The highest BCUT2D eigenvalue weighted by Crippen LogP contribution is 2.36. The molecule has 3 rings (SSSR count). The lowest BCUT2D eigenvalue weighted by Crippen LogP contribution is -2.22. The average Bonchev–Trinajstić information content (AvgIpc) is 3.41. The van der Waals surface area contributed by atoms with Crippen molar-refractivity contribution in [3.05, 3.63) is 39.6 Å². The molecule has 0 aromatic carbocycles. The fourth-order valence-corrected chi connectivity index (χ4v) is 2.92. The van der Waals surface area contributed by atoms with Crippen LogP contribution in [0.5, 0.6) is 0 Å². The van der Waals surface area contributed by atoms with E-state index in [1.54, 1.807) is 11.5 Å². The number of ether oxygens (including phenoxy) is 1. The Kier molecular flexibility index (Phi) is 5.16. The third-order valence-corrected chi connectivity index (χ3v) is 4.28. The Morgan fingerprint density at radius 3 is 2.63 bits per heavy atom. The summed E-state index contributed by atoms with van der Waals surface area (Å²) in [5.41, 5.74) is -0.722. The van der Waals surface area contributed by atoms with Crippen LogP contribution in [0.2, 0.25) is 0 Å². The van der Waals surface area contributed by atoms with Gasteiger partial charge in [0.05, 0.1) is 30.5 Å². The zero-order chi connectivity index (χ0) is 19.7. The zero-order valence-corrected chi connectivity index (χ0v) is 15.1. The lowest BCUT2D eigenvalue weighted by Gasteiger charge is -2.13. The SMILES string of the molecule is CCOC(=O)c1cn(C2CC2)c2nc(CC(=O)CC(C)=O)c(F)cc2c1=O. The molecular formula is C19H19FN2O5. The van der Waals surface area contributed by atoms with Crippen LogP contribution in [0.25, 0.3) is 11.0 Å². The second-order valence-electron chi connectivity index (χ2n) is 6.61. The first-order valence-corrected chi connectivity index (χ1v) is 8.74. The van der Waals surface area contributed by atoms with E-state index in [1.807, 2.05) is 0 Å². The summed E-state index contributed by atoms with van der Waals surface area (Å²) < 4.78 is 21.0. The van der Waals surface area contributed by atoms with Crippen molar-refractivity contribution in [3.8, 4) is 0 Å². The molecule has 2 heterocycles. The number of Topliss-reactive ketones (excluding diaryl/α,β-unsaturated/α-hetero) is 2. The predicted molar refractivity (Wildman–Crippen MR) is 94.2 cm³/mol. The number of rotatable bonds is 7. The van der Waals surface area contributed by atoms with Crippen molar-refractivity contribution < 1.29 is 23.5 Å². The van der Waals surface area contributed by atoms with E-state index in [0.29, 0.717) is 0 Å². The number of hydrogen-bond donors (Lipinski definition) is 0. The van der Waals surface area contributed by atoms with Gasteiger partial charge < -0.3 is 9.30 Å². The number of carbonyl (C=O) groups is 3. The van der Waals surface area contributed by atoms with Gasteiger partial charge in [0.2, 0.25) is 5.43 Å². The number of halogens is 1. The summed E-state index contributed by atoms with van der Waals surface area (Å²) in [5.74, 6) is -2.34. The first-order chi connectivity index (χ1) is 12.8. The van der Waals surface area contributed by atoms with E-state index in [2.05, 4.69) is 4.98 Å². The smallest absolute Gasteiger partial charge is 0.343 e. The topological polar surface area (TPSA) is 95.3 Å². The van der Waals surface area contributed by atoms with Crippen LogP contribution in [0.4, 0.5) is 4.39 Å². The van der Waals surface area contributed by atoms with Crippen LogP contribution >= 0.6 is 0 Å². The Labute approximate surface area is 154 Å². The first-order valence-electron chi connectivity index (χ1n) is 8.74. The molecule has 0 saturated heterocycles. The van der Waals surface area contributed by atoms with Crippen molar-refractivity contribution in [2.75, 3.05) is 6.61 Å². The quantitative estimate of drug-likeness (QED) is 0.544. The minimum atomic E-state index is -0.820. The molecule has 7 nitrogen and oxygen atoms in total. The van der Waals surface area contributed by atoms with Crippen LogP contribution in [0.1, 0.15) is 55.2 Å². The molecule has 0 spiro atoms. The minimum Gasteiger partial charge on any atom is -0.462 e. The Bertz CT molecular complexity index is 1010. The van der Waals surface area contributed by atoms with Crippen LogP contribution in [0.15, 0.2) is 17.1 Å². The number of esters is 1. The van der Waals surface area contributed by atoms with Crippen LogP contribution in [-0.4, -0.2) is 33.7 Å². The maximum atomic E-state index is 14.5. The van der Waals surface area contributed by atoms with E-state index < -0.39 is 23.0 Å². The molecule has 0 radical (unpaired) electrons. The normalized spacial score (nSPS) is 13.6. The van der Waals surface area contributed by atoms with Crippen LogP contribution in [-0.2, 0) is 20.7 Å². The molecule has 27 heavy (non-hydrogen) atoms. The predicted octanol–water partition coefficient (Wildman–Crippen LogP) is 2.14. The molecular weight excluding hydrogens is 355 g/mol. The van der Waals surface area contributed by atoms with Crippen molar-refractivity contribution in [2.24, 2.45) is 0 Å². The number of hydrogen-bond acceptors (Lipinski definition) is 6. The van der Waals surface area contributed by atoms with Crippen molar-refractivity contribution in [2.45, 2.75) is 45.6 Å². The molecule has 0 bridgehead atoms. The van der Waals surface area contributed by atoms with Gasteiger partial charge in [0, 0.05) is 12.2 Å². The zero-order valence-electron chi connectivity index (χ0n) is 15.1. The molecule has 0 unspecified atom stereocenters. The van der Waals surface area contributed by atoms with Crippen molar-refractivity contribution >= 4 is 28.6 Å². The van der Waals surface area contributed by atoms with E-state index in [1.165, 1.54) is 13.1 Å². The standard InChI is InChI=1S/C19H19FN2O5/c1-3-27-19(26)14-9-22(11-4-5-11)18-13(17(14)25)8-15(20)16(21-18)7-12(24)6-10(2)23/h8-9,11H,3-7H2,1-2H3. The maximum Gasteiger partial charge on any atom is 0.343 e. The molecule has 0 aliphatic heterocycles. The van der Waals surface area contributed by atoms with Gasteiger partial charge in [0.1, 0.15) is 28.6 Å². The van der Waals surface area contributed by atoms with Crippen molar-refractivity contribution in [1.82, 2.24) is 9.55 Å². The van der Waals surface area contributed by atoms with E-state index in [4.69, 9.17) is 4.74 Å². The van der Waals surface area contributed by atoms with Gasteiger partial charge >= 0.3 is 5.97 Å². The van der Waals surface area contributed by atoms with E-state index in [9.17, 15) is 23.6 Å². The summed E-state index contributed by atoms with van der Waals surface area (Å²) >= 11 is 0. The van der Waals surface area contributed by atoms with Crippen LogP contribution in [0.3, 0.4) is 0 Å². The molecule has 8 heteroatoms. The Hall–Kier alpha value is -2.90. The number of ketones is 2. The molecule has 2 aromatic heterocycles. The summed E-state index contributed by atoms with van der Waals surface area (Å²) in [6.07, 6.45) is 2.46. The summed E-state index contributed by atoms with van der Waals surface area (Å²) in [6, 6.07) is 1.06. The highest BCUT2D eigenvalue weighted by Gasteiger charge is 2.28. The molecule has 1 aliphatic carbocycles. The number of aromatic nitrogens is 2. The van der Waals surface area contributed by atoms with E-state index in [-0.39, 0.29) is 53.6 Å². The number of pyridine rings is 2. The second-order valence-corrected chi connectivity index (χ2v) is 6.61. The molecule has 1 saturated carbocycles. The maximum absolute atomic E-state index is 14.5. The number of nitrogens with zero attached hydrogens (tertiary/aromatic N) is 2. The van der Waals surface area contributed by atoms with Gasteiger partial charge in [-0.3, -0.25) is 14.4 Å². The first kappa shape index (κ1) is 18.9. The molecule has 142 valence electrons. The average molecular weight is 374 g/mol. The summed E-state index contributed by atoms with van der Waals surface area (Å²) in [6.45, 7) is 3.03. The van der Waals surface area contributed by atoms with Crippen molar-refractivity contribution in [3.63, 3.8) is 0 Å². The summed E-state index contributed by atoms with van der Waals surface area (Å²) in [4.78, 5) is 51.8. The Morgan fingerprint density at radius 2 is 2.04 bits per heavy atom. The second kappa shape index (κ2) is 7.38. The van der Waals surface area contributed by atoms with Gasteiger partial charge in [-0.2, -0.15) is 0 Å². The lowest BCUT2D eigenvalue weighted by atomic mass is 10.1. The van der Waals surface area contributed by atoms with Gasteiger partial charge in [0.25, 0.3) is 0 Å². The molecule has 0 atom stereocenters. The van der Waals surface area contributed by atoms with Gasteiger partial charge in [-0.25, -0.2) is 14.2 Å². The highest BCUT2D eigenvalue weighted by molar-refractivity contribution is 5.99. The van der Waals surface area contributed by atoms with Crippen molar-refractivity contribution in [1.29, 1.82) is 0 Å². The summed E-state index contributed by atoms with van der Waals surface area (Å²) in [5, 5.41) is -0.0345. The van der Waals surface area contributed by atoms with Gasteiger partial charge in [-0.1, -0.05) is 0 Å². The largest absolute Gasteiger partial charge is 0.462 e. The monoisotopic (exact) mass is 374 g/mol. The van der Waals surface area contributed by atoms with Gasteiger partial charge in [0.15, 0.2) is 0 Å². The molecule has 1 fully saturated rings. The Balaban J connectivity index is 2.13. The van der Waals surface area contributed by atoms with Gasteiger partial charge in [-0.15, -0.1) is 0 Å². The summed E-state index contributed by atoms with van der Waals surface area (Å²) in [7, 11) is 0. The fraction of sp³-hybridized carbons (Fsp3) is 0.421.